The average Bonchev–Trinajstić information content (AvgIpc) is 2.22. The Bertz CT molecular complexity index is 367. The van der Waals surface area contributed by atoms with E-state index in [1.807, 2.05) is 24.3 Å². The first-order chi connectivity index (χ1) is 7.25. The Kier molecular flexibility index (Phi) is 3.33. The fourth-order valence-electron chi connectivity index (χ4n) is 1.42. The lowest BCUT2D eigenvalue weighted by Crippen LogP contribution is -2.47. The number of nitrogens with one attached hydrogen (secondary N) is 2. The van der Waals surface area contributed by atoms with Gasteiger partial charge in [-0.1, -0.05) is 23.9 Å². The minimum absolute atomic E-state index is 0.323. The molecule has 1 aromatic rings. The highest BCUT2D eigenvalue weighted by Crippen LogP contribution is 2.29. The molecule has 1 fully saturated rings. The molecule has 1 aromatic carbocycles. The molecule has 0 spiro atoms. The van der Waals surface area contributed by atoms with Gasteiger partial charge in [0.05, 0.1) is 5.37 Å². The van der Waals surface area contributed by atoms with Crippen LogP contribution in [0.3, 0.4) is 0 Å². The van der Waals surface area contributed by atoms with Gasteiger partial charge in [0.15, 0.2) is 5.11 Å². The van der Waals surface area contributed by atoms with E-state index < -0.39 is 0 Å². The van der Waals surface area contributed by atoms with Gasteiger partial charge in [0.2, 0.25) is 0 Å². The number of hydrogen-bond acceptors (Lipinski definition) is 3. The monoisotopic (exact) mass is 239 g/mol. The smallest absolute Gasteiger partial charge is 0.167 e. The van der Waals surface area contributed by atoms with Gasteiger partial charge in [-0.05, 0) is 30.8 Å². The fourth-order valence-corrected chi connectivity index (χ4v) is 2.81. The first-order valence-electron chi connectivity index (χ1n) is 4.81. The normalized spacial score (nSPS) is 20.5. The van der Waals surface area contributed by atoms with Gasteiger partial charge in [-0.15, -0.1) is 0 Å². The van der Waals surface area contributed by atoms with Crippen LogP contribution in [0.5, 0.6) is 0 Å². The second kappa shape index (κ2) is 4.72. The van der Waals surface area contributed by atoms with Crippen LogP contribution in [0.25, 0.3) is 0 Å². The van der Waals surface area contributed by atoms with Crippen LogP contribution in [-0.4, -0.2) is 17.0 Å². The first kappa shape index (κ1) is 10.6. The number of anilines is 1. The van der Waals surface area contributed by atoms with E-state index >= 15 is 0 Å². The lowest BCUT2D eigenvalue weighted by molar-refractivity contribution is 0.643. The highest BCUT2D eigenvalue weighted by atomic mass is 32.2. The number of nitrogen functional groups attached to an aromatic ring is 1. The molecule has 0 radical (unpaired) electrons. The van der Waals surface area contributed by atoms with Gasteiger partial charge in [-0.25, -0.2) is 0 Å². The lowest BCUT2D eigenvalue weighted by atomic mass is 10.3. The number of para-hydroxylation sites is 1. The molecule has 80 valence electrons. The summed E-state index contributed by atoms with van der Waals surface area (Å²) in [5.41, 5.74) is 6.70. The average molecular weight is 239 g/mol. The summed E-state index contributed by atoms with van der Waals surface area (Å²) in [6, 6.07) is 7.90. The summed E-state index contributed by atoms with van der Waals surface area (Å²) in [5.74, 6) is 0. The van der Waals surface area contributed by atoms with Gasteiger partial charge >= 0.3 is 0 Å². The van der Waals surface area contributed by atoms with Crippen LogP contribution in [0.2, 0.25) is 0 Å². The zero-order chi connectivity index (χ0) is 10.7. The predicted octanol–water partition coefficient (Wildman–Crippen LogP) is 1.55. The predicted molar refractivity (Wildman–Crippen MR) is 68.9 cm³/mol. The molecule has 1 unspecified atom stereocenters. The van der Waals surface area contributed by atoms with E-state index in [2.05, 4.69) is 10.6 Å². The van der Waals surface area contributed by atoms with Crippen molar-refractivity contribution in [1.82, 2.24) is 10.6 Å². The molecule has 4 N–H and O–H groups in total. The Balaban J connectivity index is 2.02. The summed E-state index contributed by atoms with van der Waals surface area (Å²) >= 11 is 6.80. The maximum absolute atomic E-state index is 5.88. The third-order valence-corrected chi connectivity index (χ3v) is 3.70. The van der Waals surface area contributed by atoms with Gasteiger partial charge in [-0.3, -0.25) is 0 Å². The molecule has 5 heteroatoms. The first-order valence-corrected chi connectivity index (χ1v) is 6.10. The number of thioether (sulfide) groups is 1. The van der Waals surface area contributed by atoms with Crippen LogP contribution in [0, 0.1) is 0 Å². The van der Waals surface area contributed by atoms with Crippen molar-refractivity contribution < 1.29 is 0 Å². The van der Waals surface area contributed by atoms with E-state index in [1.165, 1.54) is 0 Å². The Morgan fingerprint density at radius 2 is 2.20 bits per heavy atom. The van der Waals surface area contributed by atoms with E-state index in [-0.39, 0.29) is 0 Å². The molecule has 15 heavy (non-hydrogen) atoms. The molecule has 1 saturated heterocycles. The third-order valence-electron chi connectivity index (χ3n) is 2.17. The maximum atomic E-state index is 5.88. The van der Waals surface area contributed by atoms with E-state index in [0.29, 0.717) is 5.37 Å². The maximum Gasteiger partial charge on any atom is 0.167 e. The molecule has 0 saturated carbocycles. The van der Waals surface area contributed by atoms with Crippen LogP contribution < -0.4 is 16.4 Å². The lowest BCUT2D eigenvalue weighted by Gasteiger charge is -2.26. The zero-order valence-electron chi connectivity index (χ0n) is 8.19. The molecule has 1 aliphatic rings. The minimum Gasteiger partial charge on any atom is -0.398 e. The Morgan fingerprint density at radius 3 is 2.93 bits per heavy atom. The number of nitrogens with two attached hydrogens (primary N) is 1. The molecule has 0 amide bonds. The van der Waals surface area contributed by atoms with E-state index in [4.69, 9.17) is 18.0 Å². The SMILES string of the molecule is Nc1ccccc1SC1CCNC(=S)N1. The third kappa shape index (κ3) is 2.76. The highest BCUT2D eigenvalue weighted by Gasteiger charge is 2.16. The summed E-state index contributed by atoms with van der Waals surface area (Å²) in [5, 5.41) is 7.36. The largest absolute Gasteiger partial charge is 0.398 e. The topological polar surface area (TPSA) is 50.1 Å². The van der Waals surface area contributed by atoms with Gasteiger partial charge in [-0.2, -0.15) is 0 Å². The molecule has 0 bridgehead atoms. The Labute approximate surface area is 98.8 Å². The van der Waals surface area contributed by atoms with Crippen molar-refractivity contribution in [3.63, 3.8) is 0 Å². The molecular weight excluding hydrogens is 226 g/mol. The summed E-state index contributed by atoms with van der Waals surface area (Å²) in [6.45, 7) is 0.927. The second-order valence-electron chi connectivity index (χ2n) is 3.33. The van der Waals surface area contributed by atoms with Crippen LogP contribution in [-0.2, 0) is 0 Å². The quantitative estimate of drug-likeness (QED) is 0.540. The Morgan fingerprint density at radius 1 is 1.40 bits per heavy atom. The van der Waals surface area contributed by atoms with Crippen LogP contribution >= 0.6 is 24.0 Å². The van der Waals surface area contributed by atoms with Crippen molar-refractivity contribution in [1.29, 1.82) is 0 Å². The number of thiocarbonyl (C=S) groups is 1. The van der Waals surface area contributed by atoms with Crippen molar-refractivity contribution in [2.75, 3.05) is 12.3 Å². The van der Waals surface area contributed by atoms with Crippen LogP contribution in [0.15, 0.2) is 29.2 Å². The van der Waals surface area contributed by atoms with Crippen molar-refractivity contribution >= 4 is 34.8 Å². The highest BCUT2D eigenvalue weighted by molar-refractivity contribution is 8.00. The van der Waals surface area contributed by atoms with E-state index in [0.717, 1.165) is 28.7 Å². The minimum atomic E-state index is 0.323. The van der Waals surface area contributed by atoms with Gasteiger partial charge in [0.1, 0.15) is 0 Å². The van der Waals surface area contributed by atoms with Gasteiger partial charge < -0.3 is 16.4 Å². The van der Waals surface area contributed by atoms with Gasteiger partial charge in [0, 0.05) is 17.1 Å². The summed E-state index contributed by atoms with van der Waals surface area (Å²) in [4.78, 5) is 1.11. The Hall–Kier alpha value is -0.940. The molecule has 1 aliphatic heterocycles. The molecule has 0 aliphatic carbocycles. The van der Waals surface area contributed by atoms with Crippen molar-refractivity contribution in [3.05, 3.63) is 24.3 Å². The standard InChI is InChI=1S/C10H13N3S2/c11-7-3-1-2-4-8(7)15-9-5-6-12-10(14)13-9/h1-4,9H,5-6,11H2,(H2,12,13,14). The fraction of sp³-hybridized carbons (Fsp3) is 0.300. The number of rotatable bonds is 2. The number of benzene rings is 1. The molecule has 0 aromatic heterocycles. The van der Waals surface area contributed by atoms with Crippen LogP contribution in [0.1, 0.15) is 6.42 Å². The molecule has 1 heterocycles. The van der Waals surface area contributed by atoms with E-state index in [1.54, 1.807) is 11.8 Å². The van der Waals surface area contributed by atoms with Crippen molar-refractivity contribution in [2.45, 2.75) is 16.7 Å². The number of hydrogen-bond donors (Lipinski definition) is 3. The summed E-state index contributed by atoms with van der Waals surface area (Å²) in [6.07, 6.45) is 1.04. The summed E-state index contributed by atoms with van der Waals surface area (Å²) < 4.78 is 0. The second-order valence-corrected chi connectivity index (χ2v) is 4.99. The summed E-state index contributed by atoms with van der Waals surface area (Å²) in [7, 11) is 0. The molecule has 1 atom stereocenters. The van der Waals surface area contributed by atoms with Crippen molar-refractivity contribution in [2.24, 2.45) is 0 Å². The van der Waals surface area contributed by atoms with Crippen LogP contribution in [0.4, 0.5) is 5.69 Å². The molecular formula is C10H13N3S2. The molecule has 2 rings (SSSR count). The zero-order valence-corrected chi connectivity index (χ0v) is 9.83. The van der Waals surface area contributed by atoms with Gasteiger partial charge in [0.25, 0.3) is 0 Å². The molecule has 3 nitrogen and oxygen atoms in total. The van der Waals surface area contributed by atoms with E-state index in [9.17, 15) is 0 Å². The van der Waals surface area contributed by atoms with Crippen molar-refractivity contribution in [3.8, 4) is 0 Å².